The van der Waals surface area contributed by atoms with E-state index in [1.807, 2.05) is 0 Å². The van der Waals surface area contributed by atoms with Crippen molar-refractivity contribution in [2.45, 2.75) is 40.0 Å². The summed E-state index contributed by atoms with van der Waals surface area (Å²) in [5.74, 6) is 0.537. The quantitative estimate of drug-likeness (QED) is 0.810. The summed E-state index contributed by atoms with van der Waals surface area (Å²) in [7, 11) is 0. The first-order valence-corrected chi connectivity index (χ1v) is 9.08. The second kappa shape index (κ2) is 6.25. The number of anilines is 1. The van der Waals surface area contributed by atoms with Gasteiger partial charge in [0.1, 0.15) is 0 Å². The van der Waals surface area contributed by atoms with Gasteiger partial charge in [0.15, 0.2) is 5.13 Å². The van der Waals surface area contributed by atoms with Gasteiger partial charge in [0.2, 0.25) is 0 Å². The Morgan fingerprint density at radius 3 is 2.65 bits per heavy atom. The Bertz CT molecular complexity index is 716. The van der Waals surface area contributed by atoms with E-state index in [1.165, 1.54) is 11.3 Å². The van der Waals surface area contributed by atoms with Gasteiger partial charge >= 0.3 is 0 Å². The van der Waals surface area contributed by atoms with Crippen LogP contribution in [0.25, 0.3) is 0 Å². The highest BCUT2D eigenvalue weighted by Crippen LogP contribution is 2.40. The minimum absolute atomic E-state index is 0.139. The molecule has 0 saturated heterocycles. The number of thiazole rings is 1. The molecule has 122 valence electrons. The fraction of sp³-hybridized carbons (Fsp3) is 0.444. The van der Waals surface area contributed by atoms with Crippen molar-refractivity contribution in [3.8, 4) is 0 Å². The summed E-state index contributed by atoms with van der Waals surface area (Å²) in [6, 6.07) is 6.89. The summed E-state index contributed by atoms with van der Waals surface area (Å²) >= 11 is 7.47. The largest absolute Gasteiger partial charge is 0.298 e. The zero-order valence-corrected chi connectivity index (χ0v) is 15.2. The highest BCUT2D eigenvalue weighted by atomic mass is 35.5. The zero-order chi connectivity index (χ0) is 16.6. The molecule has 1 N–H and O–H groups in total. The Morgan fingerprint density at radius 2 is 2.00 bits per heavy atom. The number of nitrogens with one attached hydrogen (secondary N) is 1. The summed E-state index contributed by atoms with van der Waals surface area (Å²) in [5.41, 5.74) is 2.06. The van der Waals surface area contributed by atoms with Crippen LogP contribution < -0.4 is 5.32 Å². The van der Waals surface area contributed by atoms with E-state index in [1.54, 1.807) is 35.6 Å². The van der Waals surface area contributed by atoms with Crippen LogP contribution in [0.2, 0.25) is 5.02 Å². The average molecular weight is 349 g/mol. The number of carbonyl (C=O) groups excluding carboxylic acids is 1. The van der Waals surface area contributed by atoms with Gasteiger partial charge in [0.25, 0.3) is 5.91 Å². The smallest absolute Gasteiger partial charge is 0.257 e. The number of carbonyl (C=O) groups is 1. The van der Waals surface area contributed by atoms with Gasteiger partial charge in [-0.05, 0) is 54.9 Å². The molecule has 0 fully saturated rings. The fourth-order valence-corrected chi connectivity index (χ4v) is 4.15. The van der Waals surface area contributed by atoms with Crippen molar-refractivity contribution in [2.24, 2.45) is 11.3 Å². The van der Waals surface area contributed by atoms with Crippen LogP contribution >= 0.6 is 22.9 Å². The molecule has 3 rings (SSSR count). The summed E-state index contributed by atoms with van der Waals surface area (Å²) in [6.07, 6.45) is 3.24. The molecule has 3 nitrogen and oxygen atoms in total. The van der Waals surface area contributed by atoms with Crippen LogP contribution in [0.3, 0.4) is 0 Å². The van der Waals surface area contributed by atoms with Crippen molar-refractivity contribution < 1.29 is 4.79 Å². The van der Waals surface area contributed by atoms with Crippen molar-refractivity contribution in [1.82, 2.24) is 4.98 Å². The summed E-state index contributed by atoms with van der Waals surface area (Å²) in [5, 5.41) is 4.24. The molecule has 0 radical (unpaired) electrons. The van der Waals surface area contributed by atoms with Crippen LogP contribution in [0.1, 0.15) is 48.1 Å². The van der Waals surface area contributed by atoms with Crippen molar-refractivity contribution in [1.29, 1.82) is 0 Å². The number of amides is 1. The average Bonchev–Trinajstić information content (AvgIpc) is 2.88. The molecular formula is C18H21ClN2OS. The van der Waals surface area contributed by atoms with Crippen LogP contribution in [-0.2, 0) is 12.8 Å². The number of rotatable bonds is 2. The lowest BCUT2D eigenvalue weighted by molar-refractivity contribution is 0.102. The molecule has 0 spiro atoms. The van der Waals surface area contributed by atoms with Gasteiger partial charge in [0, 0.05) is 15.5 Å². The molecule has 1 unspecified atom stereocenters. The van der Waals surface area contributed by atoms with Gasteiger partial charge in [-0.15, -0.1) is 11.3 Å². The van der Waals surface area contributed by atoms with E-state index < -0.39 is 0 Å². The number of aromatic nitrogens is 1. The molecule has 0 saturated carbocycles. The minimum Gasteiger partial charge on any atom is -0.298 e. The monoisotopic (exact) mass is 348 g/mol. The second-order valence-electron chi connectivity index (χ2n) is 7.16. The van der Waals surface area contributed by atoms with Gasteiger partial charge in [0.05, 0.1) is 5.69 Å². The van der Waals surface area contributed by atoms with Crippen LogP contribution in [0.15, 0.2) is 24.3 Å². The van der Waals surface area contributed by atoms with Crippen molar-refractivity contribution in [2.75, 3.05) is 5.32 Å². The summed E-state index contributed by atoms with van der Waals surface area (Å²) < 4.78 is 0. The highest BCUT2D eigenvalue weighted by Gasteiger charge is 2.30. The van der Waals surface area contributed by atoms with Crippen molar-refractivity contribution in [3.05, 3.63) is 45.4 Å². The fourth-order valence-electron chi connectivity index (χ4n) is 2.94. The molecule has 5 heteroatoms. The first kappa shape index (κ1) is 16.5. The molecule has 1 aromatic carbocycles. The normalized spacial score (nSPS) is 17.7. The molecule has 1 aliphatic carbocycles. The standard InChI is InChI=1S/C18H21ClN2OS/c1-18(2,3)12-6-9-14-15(10-12)23-17(20-14)21-16(22)11-4-7-13(19)8-5-11/h4-5,7-8,12H,6,9-10H2,1-3H3,(H,20,21,22). The van der Waals surface area contributed by atoms with Crippen LogP contribution in [0.4, 0.5) is 5.13 Å². The van der Waals surface area contributed by atoms with Gasteiger partial charge in [-0.3, -0.25) is 10.1 Å². The van der Waals surface area contributed by atoms with E-state index in [0.29, 0.717) is 27.1 Å². The maximum Gasteiger partial charge on any atom is 0.257 e. The molecule has 23 heavy (non-hydrogen) atoms. The highest BCUT2D eigenvalue weighted by molar-refractivity contribution is 7.15. The van der Waals surface area contributed by atoms with E-state index in [-0.39, 0.29) is 5.91 Å². The predicted molar refractivity (Wildman–Crippen MR) is 96.5 cm³/mol. The predicted octanol–water partition coefficient (Wildman–Crippen LogP) is 5.20. The van der Waals surface area contributed by atoms with Gasteiger partial charge in [-0.1, -0.05) is 32.4 Å². The number of halogens is 1. The number of hydrogen-bond acceptors (Lipinski definition) is 3. The van der Waals surface area contributed by atoms with Crippen molar-refractivity contribution in [3.63, 3.8) is 0 Å². The lowest BCUT2D eigenvalue weighted by Crippen LogP contribution is -2.26. The van der Waals surface area contributed by atoms with E-state index >= 15 is 0 Å². The first-order chi connectivity index (χ1) is 10.8. The number of benzene rings is 1. The second-order valence-corrected chi connectivity index (χ2v) is 8.68. The minimum atomic E-state index is -0.139. The van der Waals surface area contributed by atoms with E-state index in [0.717, 1.165) is 18.5 Å². The lowest BCUT2D eigenvalue weighted by atomic mass is 9.73. The van der Waals surface area contributed by atoms with Crippen molar-refractivity contribution >= 4 is 34.0 Å². The Hall–Kier alpha value is -1.39. The molecule has 0 bridgehead atoms. The Morgan fingerprint density at radius 1 is 1.30 bits per heavy atom. The Balaban J connectivity index is 1.72. The Kier molecular flexibility index (Phi) is 4.47. The molecule has 1 heterocycles. The van der Waals surface area contributed by atoms with Crippen LogP contribution in [-0.4, -0.2) is 10.9 Å². The number of fused-ring (bicyclic) bond motifs is 1. The lowest BCUT2D eigenvalue weighted by Gasteiger charge is -2.33. The molecular weight excluding hydrogens is 328 g/mol. The number of nitrogens with zero attached hydrogens (tertiary/aromatic N) is 1. The van der Waals surface area contributed by atoms with Gasteiger partial charge in [-0.25, -0.2) is 4.98 Å². The third kappa shape index (κ3) is 3.75. The first-order valence-electron chi connectivity index (χ1n) is 7.88. The molecule has 0 aliphatic heterocycles. The molecule has 2 aromatic rings. The molecule has 1 aromatic heterocycles. The van der Waals surface area contributed by atoms with Gasteiger partial charge in [-0.2, -0.15) is 0 Å². The third-order valence-corrected chi connectivity index (χ3v) is 5.78. The molecule has 1 atom stereocenters. The SMILES string of the molecule is CC(C)(C)C1CCc2nc(NC(=O)c3ccc(Cl)cc3)sc2C1. The van der Waals surface area contributed by atoms with E-state index in [2.05, 4.69) is 31.1 Å². The van der Waals surface area contributed by atoms with Gasteiger partial charge < -0.3 is 0 Å². The topological polar surface area (TPSA) is 42.0 Å². The number of aryl methyl sites for hydroxylation is 1. The van der Waals surface area contributed by atoms with Crippen LogP contribution in [0, 0.1) is 11.3 Å². The summed E-state index contributed by atoms with van der Waals surface area (Å²) in [4.78, 5) is 18.2. The zero-order valence-electron chi connectivity index (χ0n) is 13.6. The Labute approximate surface area is 146 Å². The third-order valence-electron chi connectivity index (χ3n) is 4.49. The maximum atomic E-state index is 12.3. The maximum absolute atomic E-state index is 12.3. The summed E-state index contributed by atoms with van der Waals surface area (Å²) in [6.45, 7) is 6.90. The van der Waals surface area contributed by atoms with E-state index in [9.17, 15) is 4.79 Å². The van der Waals surface area contributed by atoms with Crippen LogP contribution in [0.5, 0.6) is 0 Å². The number of hydrogen-bond donors (Lipinski definition) is 1. The molecule has 1 aliphatic rings. The molecule has 1 amide bonds. The van der Waals surface area contributed by atoms with E-state index in [4.69, 9.17) is 11.6 Å².